The van der Waals surface area contributed by atoms with Crippen LogP contribution in [0.5, 0.6) is 0 Å². The van der Waals surface area contributed by atoms with Crippen LogP contribution in [-0.2, 0) is 16.0 Å². The number of carboxylic acid groups (broad SMARTS) is 1. The molecule has 0 aliphatic heterocycles. The van der Waals surface area contributed by atoms with Crippen molar-refractivity contribution in [2.24, 2.45) is 0 Å². The van der Waals surface area contributed by atoms with Crippen molar-refractivity contribution in [3.05, 3.63) is 33.8 Å². The van der Waals surface area contributed by atoms with Gasteiger partial charge in [-0.2, -0.15) is 0 Å². The summed E-state index contributed by atoms with van der Waals surface area (Å²) in [4.78, 5) is 23.3. The Morgan fingerprint density at radius 2 is 1.82 bits per heavy atom. The van der Waals surface area contributed by atoms with Gasteiger partial charge in [0, 0.05) is 17.1 Å². The number of carbonyl (C=O) groups is 2. The van der Waals surface area contributed by atoms with E-state index in [9.17, 15) is 9.59 Å². The number of aliphatic carboxylic acids is 1. The molecule has 0 atom stereocenters. The molecule has 1 rings (SSSR count). The van der Waals surface area contributed by atoms with Gasteiger partial charge in [-0.1, -0.05) is 29.3 Å². The Balaban J connectivity index is 2.78. The van der Waals surface area contributed by atoms with E-state index in [1.807, 2.05) is 0 Å². The zero-order chi connectivity index (χ0) is 13.0. The number of benzene rings is 1. The summed E-state index contributed by atoms with van der Waals surface area (Å²) in [6.07, 6.45) is -0.0116. The second-order valence-electron chi connectivity index (χ2n) is 3.52. The molecule has 1 amide bonds. The zero-order valence-corrected chi connectivity index (χ0v) is 10.6. The molecule has 0 saturated heterocycles. The number of halogens is 2. The lowest BCUT2D eigenvalue weighted by Crippen LogP contribution is -2.33. The maximum atomic E-state index is 11.7. The molecule has 17 heavy (non-hydrogen) atoms. The van der Waals surface area contributed by atoms with E-state index in [1.54, 1.807) is 18.2 Å². The summed E-state index contributed by atoms with van der Waals surface area (Å²) < 4.78 is 0. The Labute approximate surface area is 109 Å². The van der Waals surface area contributed by atoms with Crippen molar-refractivity contribution in [2.75, 3.05) is 13.6 Å². The van der Waals surface area contributed by atoms with Crippen molar-refractivity contribution in [2.45, 2.75) is 6.42 Å². The summed E-state index contributed by atoms with van der Waals surface area (Å²) in [7, 11) is 1.42. The van der Waals surface area contributed by atoms with E-state index in [4.69, 9.17) is 28.3 Å². The molecular weight excluding hydrogens is 265 g/mol. The third kappa shape index (κ3) is 3.91. The number of rotatable bonds is 4. The minimum absolute atomic E-state index is 0.0116. The first-order chi connectivity index (χ1) is 7.91. The van der Waals surface area contributed by atoms with Crippen LogP contribution in [0.15, 0.2) is 18.2 Å². The smallest absolute Gasteiger partial charge is 0.323 e. The van der Waals surface area contributed by atoms with E-state index in [0.29, 0.717) is 15.6 Å². The first-order valence-corrected chi connectivity index (χ1v) is 5.56. The molecule has 0 heterocycles. The number of hydrogen-bond donors (Lipinski definition) is 1. The maximum absolute atomic E-state index is 11.7. The van der Waals surface area contributed by atoms with Crippen molar-refractivity contribution in [3.8, 4) is 0 Å². The van der Waals surface area contributed by atoms with Gasteiger partial charge in [-0.3, -0.25) is 9.59 Å². The Morgan fingerprint density at radius 1 is 1.29 bits per heavy atom. The second kappa shape index (κ2) is 5.89. The number of amides is 1. The lowest BCUT2D eigenvalue weighted by molar-refractivity contribution is -0.143. The van der Waals surface area contributed by atoms with E-state index in [-0.39, 0.29) is 18.9 Å². The predicted octanol–water partition coefficient (Wildman–Crippen LogP) is 2.08. The first-order valence-electron chi connectivity index (χ1n) is 4.80. The highest BCUT2D eigenvalue weighted by Crippen LogP contribution is 2.24. The molecule has 0 spiro atoms. The average molecular weight is 276 g/mol. The number of nitrogens with zero attached hydrogens (tertiary/aromatic N) is 1. The van der Waals surface area contributed by atoms with E-state index in [0.717, 1.165) is 4.90 Å². The fourth-order valence-corrected chi connectivity index (χ4v) is 1.81. The van der Waals surface area contributed by atoms with Gasteiger partial charge >= 0.3 is 5.97 Å². The van der Waals surface area contributed by atoms with Gasteiger partial charge in [0.05, 0.1) is 6.42 Å². The Morgan fingerprint density at radius 3 is 2.29 bits per heavy atom. The second-order valence-corrected chi connectivity index (χ2v) is 4.33. The van der Waals surface area contributed by atoms with Crippen molar-refractivity contribution >= 4 is 35.1 Å². The number of likely N-dealkylation sites (N-methyl/N-ethyl adjacent to an activating group) is 1. The largest absolute Gasteiger partial charge is 0.480 e. The van der Waals surface area contributed by atoms with E-state index in [1.165, 1.54) is 7.05 Å². The molecular formula is C11H11Cl2NO3. The molecule has 92 valence electrons. The van der Waals surface area contributed by atoms with Crippen LogP contribution in [0, 0.1) is 0 Å². The van der Waals surface area contributed by atoms with Crippen molar-refractivity contribution in [1.82, 2.24) is 4.90 Å². The van der Waals surface area contributed by atoms with Crippen LogP contribution >= 0.6 is 23.2 Å². The highest BCUT2D eigenvalue weighted by atomic mass is 35.5. The van der Waals surface area contributed by atoms with Gasteiger partial charge in [0.15, 0.2) is 0 Å². The van der Waals surface area contributed by atoms with E-state index in [2.05, 4.69) is 0 Å². The van der Waals surface area contributed by atoms with E-state index < -0.39 is 5.97 Å². The third-order valence-corrected chi connectivity index (χ3v) is 2.90. The average Bonchev–Trinajstić information content (AvgIpc) is 2.22. The van der Waals surface area contributed by atoms with Gasteiger partial charge in [0.2, 0.25) is 5.91 Å². The third-order valence-electron chi connectivity index (χ3n) is 2.19. The van der Waals surface area contributed by atoms with Crippen LogP contribution in [0.4, 0.5) is 0 Å². The van der Waals surface area contributed by atoms with Crippen LogP contribution in [0.2, 0.25) is 10.0 Å². The molecule has 1 aromatic rings. The molecule has 4 nitrogen and oxygen atoms in total. The summed E-state index contributed by atoms with van der Waals surface area (Å²) >= 11 is 11.8. The predicted molar refractivity (Wildman–Crippen MR) is 65.4 cm³/mol. The molecule has 1 N–H and O–H groups in total. The van der Waals surface area contributed by atoms with Crippen LogP contribution in [0.3, 0.4) is 0 Å². The SMILES string of the molecule is CN(CC(=O)O)C(=O)Cc1c(Cl)cccc1Cl. The van der Waals surface area contributed by atoms with Crippen molar-refractivity contribution in [1.29, 1.82) is 0 Å². The molecule has 0 bridgehead atoms. The molecule has 1 aromatic carbocycles. The van der Waals surface area contributed by atoms with Crippen LogP contribution < -0.4 is 0 Å². The summed E-state index contributed by atoms with van der Waals surface area (Å²) in [5, 5.41) is 9.36. The molecule has 0 unspecified atom stereocenters. The molecule has 0 saturated carbocycles. The molecule has 6 heteroatoms. The van der Waals surface area contributed by atoms with Gasteiger partial charge in [-0.15, -0.1) is 0 Å². The highest BCUT2D eigenvalue weighted by molar-refractivity contribution is 6.36. The number of hydrogen-bond acceptors (Lipinski definition) is 2. The molecule has 0 aliphatic carbocycles. The van der Waals surface area contributed by atoms with Gasteiger partial charge in [0.1, 0.15) is 6.54 Å². The van der Waals surface area contributed by atoms with Crippen LogP contribution in [0.25, 0.3) is 0 Å². The summed E-state index contributed by atoms with van der Waals surface area (Å²) in [5.41, 5.74) is 0.512. The van der Waals surface area contributed by atoms with Crippen molar-refractivity contribution in [3.63, 3.8) is 0 Å². The van der Waals surface area contributed by atoms with Gasteiger partial charge in [-0.25, -0.2) is 0 Å². The fraction of sp³-hybridized carbons (Fsp3) is 0.273. The van der Waals surface area contributed by atoms with Crippen LogP contribution in [-0.4, -0.2) is 35.5 Å². The molecule has 0 radical (unpaired) electrons. The maximum Gasteiger partial charge on any atom is 0.323 e. The van der Waals surface area contributed by atoms with Crippen LogP contribution in [0.1, 0.15) is 5.56 Å². The normalized spacial score (nSPS) is 10.1. The monoisotopic (exact) mass is 275 g/mol. The summed E-state index contributed by atoms with van der Waals surface area (Å²) in [6, 6.07) is 4.94. The van der Waals surface area contributed by atoms with Gasteiger partial charge in [-0.05, 0) is 17.7 Å². The van der Waals surface area contributed by atoms with Crippen molar-refractivity contribution < 1.29 is 14.7 Å². The van der Waals surface area contributed by atoms with Gasteiger partial charge < -0.3 is 10.0 Å². The number of carboxylic acids is 1. The summed E-state index contributed by atoms with van der Waals surface area (Å²) in [5.74, 6) is -1.41. The lowest BCUT2D eigenvalue weighted by atomic mass is 10.1. The van der Waals surface area contributed by atoms with Gasteiger partial charge in [0.25, 0.3) is 0 Å². The first kappa shape index (κ1) is 13.8. The Hall–Kier alpha value is -1.26. The molecule has 0 fully saturated rings. The lowest BCUT2D eigenvalue weighted by Gasteiger charge is -2.15. The fourth-order valence-electron chi connectivity index (χ4n) is 1.28. The summed E-state index contributed by atoms with van der Waals surface area (Å²) in [6.45, 7) is -0.346. The standard InChI is InChI=1S/C11H11Cl2NO3/c1-14(6-11(16)17)10(15)5-7-8(12)3-2-4-9(7)13/h2-4H,5-6H2,1H3,(H,16,17). The topological polar surface area (TPSA) is 57.6 Å². The zero-order valence-electron chi connectivity index (χ0n) is 9.11. The molecule has 0 aliphatic rings. The minimum atomic E-state index is -1.06. The Kier molecular flexibility index (Phi) is 4.78. The number of carbonyl (C=O) groups excluding carboxylic acids is 1. The van der Waals surface area contributed by atoms with E-state index >= 15 is 0 Å². The highest BCUT2D eigenvalue weighted by Gasteiger charge is 2.15. The minimum Gasteiger partial charge on any atom is -0.480 e. The quantitative estimate of drug-likeness (QED) is 0.915. The molecule has 0 aromatic heterocycles. The Bertz CT molecular complexity index is 428.